The first-order valence-corrected chi connectivity index (χ1v) is 4.28. The van der Waals surface area contributed by atoms with Crippen LogP contribution >= 0.6 is 0 Å². The van der Waals surface area contributed by atoms with Gasteiger partial charge in [-0.05, 0) is 11.6 Å². The van der Waals surface area contributed by atoms with Gasteiger partial charge in [-0.25, -0.2) is 4.79 Å². The summed E-state index contributed by atoms with van der Waals surface area (Å²) in [7, 11) is 3.44. The summed E-state index contributed by atoms with van der Waals surface area (Å²) in [4.78, 5) is 17.0. The molecule has 0 heterocycles. The van der Waals surface area contributed by atoms with E-state index < -0.39 is 0 Å². The lowest BCUT2D eigenvalue weighted by molar-refractivity contribution is -0.143. The van der Waals surface area contributed by atoms with Gasteiger partial charge in [0.05, 0.1) is 0 Å². The highest BCUT2D eigenvalue weighted by Crippen LogP contribution is 1.96. The first-order chi connectivity index (χ1) is 6.07. The van der Waals surface area contributed by atoms with E-state index in [-0.39, 0.29) is 11.9 Å². The van der Waals surface area contributed by atoms with Crippen LogP contribution in [0.25, 0.3) is 0 Å². The summed E-state index contributed by atoms with van der Waals surface area (Å²) in [6.45, 7) is 2.00. The summed E-state index contributed by atoms with van der Waals surface area (Å²) in [6.07, 6.45) is 2.17. The topological polar surface area (TPSA) is 67.9 Å². The molecule has 0 rings (SSSR count). The number of hydrogen-bond donors (Lipinski definition) is 1. The smallest absolute Gasteiger partial charge is 0.335 e. The molecule has 0 fully saturated rings. The molecule has 0 unspecified atom stereocenters. The molecule has 0 saturated carbocycles. The molecule has 0 aliphatic carbocycles. The van der Waals surface area contributed by atoms with Crippen LogP contribution in [0.3, 0.4) is 0 Å². The molecule has 0 aliphatic rings. The highest BCUT2D eigenvalue weighted by Gasteiger charge is 2.02. The Bertz CT molecular complexity index is 190. The SMILES string of the molecule is CCCCC(=O)O/N=C(/N)N(C)C. The molecule has 0 atom stereocenters. The van der Waals surface area contributed by atoms with Gasteiger partial charge in [-0.3, -0.25) is 0 Å². The van der Waals surface area contributed by atoms with Gasteiger partial charge in [0.2, 0.25) is 5.96 Å². The lowest BCUT2D eigenvalue weighted by Crippen LogP contribution is -2.30. The molecule has 0 aromatic carbocycles. The van der Waals surface area contributed by atoms with Crippen molar-refractivity contribution in [2.75, 3.05) is 14.1 Å². The third-order valence-corrected chi connectivity index (χ3v) is 1.43. The van der Waals surface area contributed by atoms with E-state index in [1.165, 1.54) is 0 Å². The number of unbranched alkanes of at least 4 members (excludes halogenated alkanes) is 1. The van der Waals surface area contributed by atoms with Gasteiger partial charge in [0.25, 0.3) is 0 Å². The number of nitrogens with zero attached hydrogens (tertiary/aromatic N) is 2. The fourth-order valence-electron chi connectivity index (χ4n) is 0.546. The maximum absolute atomic E-state index is 10.9. The number of rotatable bonds is 4. The minimum absolute atomic E-state index is 0.185. The number of carbonyl (C=O) groups excluding carboxylic acids is 1. The fraction of sp³-hybridized carbons (Fsp3) is 0.750. The van der Waals surface area contributed by atoms with Crippen LogP contribution in [0, 0.1) is 0 Å². The van der Waals surface area contributed by atoms with E-state index in [1.807, 2.05) is 6.92 Å². The van der Waals surface area contributed by atoms with Gasteiger partial charge in [0.15, 0.2) is 0 Å². The third kappa shape index (κ3) is 5.95. The van der Waals surface area contributed by atoms with Crippen LogP contribution < -0.4 is 5.73 Å². The molecule has 5 heteroatoms. The van der Waals surface area contributed by atoms with Gasteiger partial charge in [-0.2, -0.15) is 0 Å². The Morgan fingerprint density at radius 2 is 2.15 bits per heavy atom. The van der Waals surface area contributed by atoms with Crippen molar-refractivity contribution >= 4 is 11.9 Å². The number of hydrogen-bond acceptors (Lipinski definition) is 3. The molecule has 0 aromatic heterocycles. The van der Waals surface area contributed by atoms with E-state index in [1.54, 1.807) is 19.0 Å². The second kappa shape index (κ2) is 6.28. The zero-order valence-electron chi connectivity index (χ0n) is 8.41. The Labute approximate surface area is 78.5 Å². The van der Waals surface area contributed by atoms with Crippen LogP contribution in [0.5, 0.6) is 0 Å². The second-order valence-electron chi connectivity index (χ2n) is 2.91. The fourth-order valence-corrected chi connectivity index (χ4v) is 0.546. The van der Waals surface area contributed by atoms with Gasteiger partial charge in [0.1, 0.15) is 0 Å². The summed E-state index contributed by atoms with van der Waals surface area (Å²) in [5, 5.41) is 3.45. The summed E-state index contributed by atoms with van der Waals surface area (Å²) >= 11 is 0. The van der Waals surface area contributed by atoms with Crippen LogP contribution in [0.2, 0.25) is 0 Å². The Morgan fingerprint density at radius 1 is 1.54 bits per heavy atom. The predicted molar refractivity (Wildman–Crippen MR) is 50.9 cm³/mol. The van der Waals surface area contributed by atoms with Crippen molar-refractivity contribution in [1.82, 2.24) is 4.90 Å². The Morgan fingerprint density at radius 3 is 2.62 bits per heavy atom. The zero-order valence-corrected chi connectivity index (χ0v) is 8.41. The summed E-state index contributed by atoms with van der Waals surface area (Å²) in [5.74, 6) is -0.156. The number of nitrogens with two attached hydrogens (primary N) is 1. The van der Waals surface area contributed by atoms with Crippen molar-refractivity contribution in [2.24, 2.45) is 10.9 Å². The summed E-state index contributed by atoms with van der Waals surface area (Å²) < 4.78 is 0. The van der Waals surface area contributed by atoms with Crippen LogP contribution in [0.1, 0.15) is 26.2 Å². The largest absolute Gasteiger partial charge is 0.367 e. The molecule has 0 radical (unpaired) electrons. The zero-order chi connectivity index (χ0) is 10.3. The number of guanidine groups is 1. The average molecular weight is 187 g/mol. The number of carbonyl (C=O) groups is 1. The van der Waals surface area contributed by atoms with E-state index in [4.69, 9.17) is 5.73 Å². The van der Waals surface area contributed by atoms with Gasteiger partial charge in [-0.15, -0.1) is 0 Å². The highest BCUT2D eigenvalue weighted by molar-refractivity contribution is 5.78. The van der Waals surface area contributed by atoms with Crippen LogP contribution in [0.15, 0.2) is 5.16 Å². The maximum atomic E-state index is 10.9. The average Bonchev–Trinajstić information content (AvgIpc) is 2.10. The van der Waals surface area contributed by atoms with Crippen LogP contribution in [-0.2, 0) is 9.63 Å². The molecule has 0 bridgehead atoms. The third-order valence-electron chi connectivity index (χ3n) is 1.43. The summed E-state index contributed by atoms with van der Waals surface area (Å²) in [5.41, 5.74) is 5.39. The molecular formula is C8H17N3O2. The van der Waals surface area contributed by atoms with Crippen molar-refractivity contribution in [3.63, 3.8) is 0 Å². The van der Waals surface area contributed by atoms with Gasteiger partial charge < -0.3 is 15.5 Å². The van der Waals surface area contributed by atoms with Gasteiger partial charge in [-0.1, -0.05) is 13.3 Å². The van der Waals surface area contributed by atoms with E-state index in [9.17, 15) is 4.79 Å². The molecule has 13 heavy (non-hydrogen) atoms. The molecule has 0 amide bonds. The molecule has 76 valence electrons. The van der Waals surface area contributed by atoms with Crippen molar-refractivity contribution in [3.05, 3.63) is 0 Å². The lowest BCUT2D eigenvalue weighted by atomic mass is 10.3. The monoisotopic (exact) mass is 187 g/mol. The Balaban J connectivity index is 3.74. The number of oxime groups is 1. The molecule has 0 saturated heterocycles. The Kier molecular flexibility index (Phi) is 5.67. The van der Waals surface area contributed by atoms with Gasteiger partial charge in [0, 0.05) is 20.5 Å². The van der Waals surface area contributed by atoms with E-state index in [2.05, 4.69) is 9.99 Å². The minimum atomic E-state index is -0.341. The van der Waals surface area contributed by atoms with E-state index >= 15 is 0 Å². The first kappa shape index (κ1) is 11.7. The van der Waals surface area contributed by atoms with Crippen molar-refractivity contribution in [3.8, 4) is 0 Å². The van der Waals surface area contributed by atoms with Crippen LogP contribution in [0.4, 0.5) is 0 Å². The summed E-state index contributed by atoms with van der Waals surface area (Å²) in [6, 6.07) is 0. The van der Waals surface area contributed by atoms with Gasteiger partial charge >= 0.3 is 5.97 Å². The minimum Gasteiger partial charge on any atom is -0.367 e. The van der Waals surface area contributed by atoms with Crippen molar-refractivity contribution in [1.29, 1.82) is 0 Å². The predicted octanol–water partition coefficient (Wildman–Crippen LogP) is 0.511. The standard InChI is InChI=1S/C8H17N3O2/c1-4-5-6-7(12)13-10-8(9)11(2)3/h4-6H2,1-3H3,(H2,9,10). The van der Waals surface area contributed by atoms with E-state index in [0.717, 1.165) is 12.8 Å². The second-order valence-corrected chi connectivity index (χ2v) is 2.91. The van der Waals surface area contributed by atoms with Crippen molar-refractivity contribution < 1.29 is 9.63 Å². The van der Waals surface area contributed by atoms with E-state index in [0.29, 0.717) is 6.42 Å². The molecule has 0 spiro atoms. The molecule has 0 aliphatic heterocycles. The normalized spacial score (nSPS) is 11.2. The molecular weight excluding hydrogens is 170 g/mol. The molecule has 0 aromatic rings. The lowest BCUT2D eigenvalue weighted by Gasteiger charge is -2.08. The molecule has 5 nitrogen and oxygen atoms in total. The maximum Gasteiger partial charge on any atom is 0.335 e. The quantitative estimate of drug-likeness (QED) is 0.301. The highest BCUT2D eigenvalue weighted by atomic mass is 16.7. The Hall–Kier alpha value is -1.26. The first-order valence-electron chi connectivity index (χ1n) is 4.28. The van der Waals surface area contributed by atoms with Crippen LogP contribution in [-0.4, -0.2) is 30.9 Å². The molecule has 2 N–H and O–H groups in total. The van der Waals surface area contributed by atoms with Crippen molar-refractivity contribution in [2.45, 2.75) is 26.2 Å².